The average Bonchev–Trinajstić information content (AvgIpc) is 2.30. The third kappa shape index (κ3) is 1.96. The minimum absolute atomic E-state index is 0.674. The van der Waals surface area contributed by atoms with Crippen molar-refractivity contribution in [2.24, 2.45) is 0 Å². The Hall–Kier alpha value is -1.29. The summed E-state index contributed by atoms with van der Waals surface area (Å²) < 4.78 is 0. The van der Waals surface area contributed by atoms with E-state index in [9.17, 15) is 0 Å². The maximum absolute atomic E-state index is 8.76. The highest BCUT2D eigenvalue weighted by atomic mass is 14.3. The molecule has 1 heteroatoms. The van der Waals surface area contributed by atoms with Gasteiger partial charge < -0.3 is 0 Å². The van der Waals surface area contributed by atoms with Crippen molar-refractivity contribution in [2.75, 3.05) is 0 Å². The van der Waals surface area contributed by atoms with Crippen molar-refractivity contribution in [3.05, 3.63) is 41.8 Å². The number of benzene rings is 1. The van der Waals surface area contributed by atoms with Gasteiger partial charge in [-0.2, -0.15) is 5.26 Å². The fourth-order valence-corrected chi connectivity index (χ4v) is 2.14. The molecule has 2 rings (SSSR count). The fourth-order valence-electron chi connectivity index (χ4n) is 2.14. The zero-order valence-electron chi connectivity index (χ0n) is 8.24. The van der Waals surface area contributed by atoms with E-state index in [-0.39, 0.29) is 0 Å². The van der Waals surface area contributed by atoms with Crippen LogP contribution in [0, 0.1) is 17.2 Å². The number of hydrogen-bond acceptors (Lipinski definition) is 1. The number of nitriles is 1. The second-order valence-corrected chi connectivity index (χ2v) is 3.90. The Kier molecular flexibility index (Phi) is 2.84. The van der Waals surface area contributed by atoms with Gasteiger partial charge in [0.05, 0.1) is 12.0 Å². The molecule has 71 valence electrons. The highest BCUT2D eigenvalue weighted by molar-refractivity contribution is 5.23. The van der Waals surface area contributed by atoms with Gasteiger partial charge in [0.15, 0.2) is 0 Å². The Morgan fingerprint density at radius 1 is 1.07 bits per heavy atom. The third-order valence-corrected chi connectivity index (χ3v) is 3.02. The third-order valence-electron chi connectivity index (χ3n) is 3.02. The number of hydrogen-bond donors (Lipinski definition) is 0. The molecule has 0 heterocycles. The zero-order valence-corrected chi connectivity index (χ0v) is 8.24. The molecular formula is C13H14N. The van der Waals surface area contributed by atoms with Crippen molar-refractivity contribution >= 4 is 0 Å². The van der Waals surface area contributed by atoms with Crippen LogP contribution in [0.2, 0.25) is 0 Å². The Bertz CT molecular complexity index is 315. The molecule has 0 unspecified atom stereocenters. The maximum atomic E-state index is 8.76. The average molecular weight is 184 g/mol. The smallest absolute Gasteiger partial charge is 0.0760 e. The van der Waals surface area contributed by atoms with Gasteiger partial charge in [0.2, 0.25) is 0 Å². The molecule has 0 saturated heterocycles. The number of rotatable bonds is 1. The molecule has 1 aliphatic carbocycles. The summed E-state index contributed by atoms with van der Waals surface area (Å²) in [5, 5.41) is 8.76. The van der Waals surface area contributed by atoms with E-state index in [4.69, 9.17) is 5.26 Å². The summed E-state index contributed by atoms with van der Waals surface area (Å²) in [5.41, 5.74) is 1.43. The molecule has 1 aromatic carbocycles. The van der Waals surface area contributed by atoms with E-state index in [0.29, 0.717) is 5.92 Å². The van der Waals surface area contributed by atoms with E-state index in [1.54, 1.807) is 0 Å². The predicted molar refractivity (Wildman–Crippen MR) is 56.5 cm³/mol. The van der Waals surface area contributed by atoms with Crippen LogP contribution in [0.4, 0.5) is 0 Å². The lowest BCUT2D eigenvalue weighted by molar-refractivity contribution is 0.488. The van der Waals surface area contributed by atoms with Crippen molar-refractivity contribution in [3.63, 3.8) is 0 Å². The minimum Gasteiger partial charge on any atom is -0.198 e. The van der Waals surface area contributed by atoms with Gasteiger partial charge in [0.25, 0.3) is 0 Å². The molecule has 1 aromatic rings. The van der Waals surface area contributed by atoms with Crippen LogP contribution in [0.5, 0.6) is 0 Å². The van der Waals surface area contributed by atoms with Crippen molar-refractivity contribution in [3.8, 4) is 6.07 Å². The lowest BCUT2D eigenvalue weighted by Crippen LogP contribution is -2.10. The predicted octanol–water partition coefficient (Wildman–Crippen LogP) is 3.44. The standard InChI is InChI=1S/C13H14N/c14-10-11-6-8-13(9-7-11)12-4-2-1-3-5-12/h1-5,13H,6-9H2. The molecule has 1 nitrogen and oxygen atoms in total. The molecule has 0 amide bonds. The molecule has 0 aromatic heterocycles. The van der Waals surface area contributed by atoms with Gasteiger partial charge in [0.1, 0.15) is 0 Å². The molecule has 0 atom stereocenters. The molecule has 0 aliphatic heterocycles. The highest BCUT2D eigenvalue weighted by Crippen LogP contribution is 2.36. The Balaban J connectivity index is 2.00. The lowest BCUT2D eigenvalue weighted by atomic mass is 9.79. The molecule has 1 fully saturated rings. The summed E-state index contributed by atoms with van der Waals surface area (Å²) in [6, 6.07) is 12.9. The van der Waals surface area contributed by atoms with Gasteiger partial charge in [-0.3, -0.25) is 0 Å². The van der Waals surface area contributed by atoms with Gasteiger partial charge in [0, 0.05) is 0 Å². The summed E-state index contributed by atoms with van der Waals surface area (Å²) in [6.07, 6.45) is 4.28. The highest BCUT2D eigenvalue weighted by Gasteiger charge is 2.22. The van der Waals surface area contributed by atoms with Crippen LogP contribution in [0.1, 0.15) is 37.2 Å². The van der Waals surface area contributed by atoms with Crippen LogP contribution in [-0.4, -0.2) is 0 Å². The van der Waals surface area contributed by atoms with E-state index in [2.05, 4.69) is 36.4 Å². The molecule has 14 heavy (non-hydrogen) atoms. The summed E-state index contributed by atoms with van der Waals surface area (Å²) in [4.78, 5) is 0. The van der Waals surface area contributed by atoms with Crippen molar-refractivity contribution in [2.45, 2.75) is 31.6 Å². The van der Waals surface area contributed by atoms with Crippen LogP contribution in [0.25, 0.3) is 0 Å². The molecule has 0 N–H and O–H groups in total. The van der Waals surface area contributed by atoms with Crippen LogP contribution < -0.4 is 0 Å². The molecule has 0 spiro atoms. The van der Waals surface area contributed by atoms with Gasteiger partial charge >= 0.3 is 0 Å². The van der Waals surface area contributed by atoms with Gasteiger partial charge in [-0.05, 0) is 37.2 Å². The van der Waals surface area contributed by atoms with Gasteiger partial charge in [-0.15, -0.1) is 0 Å². The van der Waals surface area contributed by atoms with Crippen molar-refractivity contribution in [1.82, 2.24) is 0 Å². The maximum Gasteiger partial charge on any atom is 0.0760 e. The quantitative estimate of drug-likeness (QED) is 0.655. The van der Waals surface area contributed by atoms with E-state index in [1.807, 2.05) is 0 Å². The second kappa shape index (κ2) is 4.28. The largest absolute Gasteiger partial charge is 0.198 e. The Morgan fingerprint density at radius 3 is 2.29 bits per heavy atom. The minimum atomic E-state index is 0.674. The summed E-state index contributed by atoms with van der Waals surface area (Å²) >= 11 is 0. The number of nitrogens with zero attached hydrogens (tertiary/aromatic N) is 1. The molecule has 1 saturated carbocycles. The first kappa shape index (κ1) is 9.27. The zero-order chi connectivity index (χ0) is 9.80. The van der Waals surface area contributed by atoms with E-state index >= 15 is 0 Å². The van der Waals surface area contributed by atoms with Crippen molar-refractivity contribution in [1.29, 1.82) is 5.26 Å². The summed E-state index contributed by atoms with van der Waals surface area (Å²) in [7, 11) is 0. The fraction of sp³-hybridized carbons (Fsp3) is 0.385. The van der Waals surface area contributed by atoms with Crippen LogP contribution >= 0.6 is 0 Å². The Labute approximate surface area is 85.4 Å². The summed E-state index contributed by atoms with van der Waals surface area (Å²) in [6.45, 7) is 0. The van der Waals surface area contributed by atoms with Crippen molar-refractivity contribution < 1.29 is 0 Å². The summed E-state index contributed by atoms with van der Waals surface area (Å²) in [5.74, 6) is 1.76. The van der Waals surface area contributed by atoms with Crippen LogP contribution in [-0.2, 0) is 0 Å². The molecule has 1 aliphatic rings. The van der Waals surface area contributed by atoms with Crippen LogP contribution in [0.3, 0.4) is 0 Å². The van der Waals surface area contributed by atoms with E-state index in [1.165, 1.54) is 5.56 Å². The second-order valence-electron chi connectivity index (χ2n) is 3.90. The van der Waals surface area contributed by atoms with Gasteiger partial charge in [-0.25, -0.2) is 0 Å². The van der Waals surface area contributed by atoms with E-state index < -0.39 is 0 Å². The molecular weight excluding hydrogens is 170 g/mol. The SMILES string of the molecule is N#C[C]1CCC(c2ccccc2)CC1. The first-order valence-corrected chi connectivity index (χ1v) is 5.20. The van der Waals surface area contributed by atoms with Crippen LogP contribution in [0.15, 0.2) is 30.3 Å². The van der Waals surface area contributed by atoms with E-state index in [0.717, 1.165) is 31.6 Å². The Morgan fingerprint density at radius 2 is 1.71 bits per heavy atom. The normalized spacial score (nSPS) is 19.1. The topological polar surface area (TPSA) is 23.8 Å². The molecule has 0 bridgehead atoms. The first-order valence-electron chi connectivity index (χ1n) is 5.20. The monoisotopic (exact) mass is 184 g/mol. The first-order chi connectivity index (χ1) is 6.90. The lowest BCUT2D eigenvalue weighted by Gasteiger charge is -2.24. The molecule has 1 radical (unpaired) electrons. The van der Waals surface area contributed by atoms with Gasteiger partial charge in [-0.1, -0.05) is 30.3 Å².